The minimum atomic E-state index is 0.241. The van der Waals surface area contributed by atoms with Crippen molar-refractivity contribution in [3.8, 4) is 5.75 Å². The molecule has 0 aliphatic carbocycles. The van der Waals surface area contributed by atoms with Gasteiger partial charge in [0.05, 0.1) is 11.7 Å². The molecule has 0 bridgehead atoms. The lowest BCUT2D eigenvalue weighted by Gasteiger charge is -2.08. The highest BCUT2D eigenvalue weighted by molar-refractivity contribution is 5.86. The van der Waals surface area contributed by atoms with Gasteiger partial charge in [-0.05, 0) is 30.0 Å². The molecule has 0 aliphatic rings. The van der Waals surface area contributed by atoms with Crippen LogP contribution in [0, 0.1) is 0 Å². The molecule has 0 atom stereocenters. The number of fused-ring (bicyclic) bond motifs is 1. The molecule has 2 nitrogen and oxygen atoms in total. The van der Waals surface area contributed by atoms with Crippen LogP contribution in [0.4, 0.5) is 0 Å². The summed E-state index contributed by atoms with van der Waals surface area (Å²) in [5.74, 6) is 0.241. The van der Waals surface area contributed by atoms with E-state index in [2.05, 4.69) is 31.0 Å². The average Bonchev–Trinajstić information content (AvgIpc) is 2.27. The number of aromatic nitrogens is 1. The fourth-order valence-electron chi connectivity index (χ4n) is 1.92. The van der Waals surface area contributed by atoms with Crippen LogP contribution in [0.25, 0.3) is 10.9 Å². The maximum atomic E-state index is 9.45. The molecule has 2 heteroatoms. The number of hydrogen-bond donors (Lipinski definition) is 1. The molecule has 0 amide bonds. The summed E-state index contributed by atoms with van der Waals surface area (Å²) in [5, 5.41) is 10.5. The van der Waals surface area contributed by atoms with E-state index < -0.39 is 0 Å². The van der Waals surface area contributed by atoms with Crippen LogP contribution in [0.3, 0.4) is 0 Å². The second kappa shape index (κ2) is 3.89. The molecule has 1 aromatic carbocycles. The molecule has 2 aromatic rings. The highest BCUT2D eigenvalue weighted by atomic mass is 16.3. The quantitative estimate of drug-likeness (QED) is 0.810. The van der Waals surface area contributed by atoms with E-state index in [1.807, 2.05) is 0 Å². The third kappa shape index (κ3) is 1.67. The van der Waals surface area contributed by atoms with Crippen molar-refractivity contribution in [2.45, 2.75) is 26.7 Å². The Morgan fingerprint density at radius 1 is 1.13 bits per heavy atom. The molecule has 0 radical (unpaired) electrons. The monoisotopic (exact) mass is 201 g/mol. The molecule has 1 aromatic heterocycles. The molecule has 0 saturated heterocycles. The Morgan fingerprint density at radius 2 is 1.80 bits per heavy atom. The van der Waals surface area contributed by atoms with Crippen LogP contribution in [0.15, 0.2) is 24.4 Å². The second-order valence-electron chi connectivity index (χ2n) is 3.68. The molecule has 0 spiro atoms. The number of nitrogens with zero attached hydrogens (tertiary/aromatic N) is 1. The predicted octanol–water partition coefficient (Wildman–Crippen LogP) is 3.07. The fraction of sp³-hybridized carbons (Fsp3) is 0.308. The zero-order valence-electron chi connectivity index (χ0n) is 9.12. The second-order valence-corrected chi connectivity index (χ2v) is 3.68. The summed E-state index contributed by atoms with van der Waals surface area (Å²) in [6.07, 6.45) is 3.45. The van der Waals surface area contributed by atoms with Crippen molar-refractivity contribution in [3.05, 3.63) is 35.5 Å². The lowest BCUT2D eigenvalue weighted by Crippen LogP contribution is -1.91. The van der Waals surface area contributed by atoms with E-state index in [9.17, 15) is 5.11 Å². The molecule has 0 unspecified atom stereocenters. The highest BCUT2D eigenvalue weighted by Crippen LogP contribution is 2.25. The van der Waals surface area contributed by atoms with Gasteiger partial charge in [0.2, 0.25) is 0 Å². The van der Waals surface area contributed by atoms with Crippen LogP contribution < -0.4 is 0 Å². The number of aryl methyl sites for hydroxylation is 2. The van der Waals surface area contributed by atoms with Crippen molar-refractivity contribution in [2.24, 2.45) is 0 Å². The number of pyridine rings is 1. The fourth-order valence-corrected chi connectivity index (χ4v) is 1.92. The van der Waals surface area contributed by atoms with Crippen molar-refractivity contribution >= 4 is 10.9 Å². The molecule has 0 fully saturated rings. The number of hydrogen-bond acceptors (Lipinski definition) is 2. The van der Waals surface area contributed by atoms with Crippen LogP contribution in [-0.2, 0) is 12.8 Å². The number of benzene rings is 1. The van der Waals surface area contributed by atoms with Gasteiger partial charge >= 0.3 is 0 Å². The van der Waals surface area contributed by atoms with Gasteiger partial charge in [0.25, 0.3) is 0 Å². The van der Waals surface area contributed by atoms with Gasteiger partial charge in [-0.2, -0.15) is 0 Å². The summed E-state index contributed by atoms with van der Waals surface area (Å²) in [4.78, 5) is 4.31. The van der Waals surface area contributed by atoms with Crippen LogP contribution in [0.5, 0.6) is 5.75 Å². The largest absolute Gasteiger partial charge is 0.506 e. The van der Waals surface area contributed by atoms with Crippen molar-refractivity contribution < 1.29 is 5.11 Å². The first kappa shape index (κ1) is 9.97. The van der Waals surface area contributed by atoms with Crippen LogP contribution in [0.1, 0.15) is 25.0 Å². The molecule has 1 heterocycles. The topological polar surface area (TPSA) is 33.1 Å². The Balaban J connectivity index is 2.80. The first-order valence-corrected chi connectivity index (χ1v) is 5.35. The van der Waals surface area contributed by atoms with E-state index in [1.54, 1.807) is 6.07 Å². The van der Waals surface area contributed by atoms with Gasteiger partial charge < -0.3 is 5.11 Å². The normalized spacial score (nSPS) is 10.8. The molecule has 1 N–H and O–H groups in total. The summed E-state index contributed by atoms with van der Waals surface area (Å²) in [6, 6.07) is 6.06. The van der Waals surface area contributed by atoms with Gasteiger partial charge in [0, 0.05) is 5.39 Å². The van der Waals surface area contributed by atoms with E-state index in [1.165, 1.54) is 17.3 Å². The molecular formula is C13H15NO. The van der Waals surface area contributed by atoms with E-state index in [0.717, 1.165) is 23.7 Å². The van der Waals surface area contributed by atoms with Crippen molar-refractivity contribution in [2.75, 3.05) is 0 Å². The van der Waals surface area contributed by atoms with Crippen molar-refractivity contribution in [1.29, 1.82) is 0 Å². The van der Waals surface area contributed by atoms with E-state index in [4.69, 9.17) is 0 Å². The van der Waals surface area contributed by atoms with Crippen LogP contribution in [0.2, 0.25) is 0 Å². The molecule has 0 saturated carbocycles. The Labute approximate surface area is 89.6 Å². The number of aromatic hydroxyl groups is 1. The first-order valence-electron chi connectivity index (χ1n) is 5.35. The zero-order chi connectivity index (χ0) is 10.8. The van der Waals surface area contributed by atoms with E-state index in [-0.39, 0.29) is 5.75 Å². The van der Waals surface area contributed by atoms with E-state index >= 15 is 0 Å². The van der Waals surface area contributed by atoms with Crippen molar-refractivity contribution in [1.82, 2.24) is 4.98 Å². The maximum Gasteiger partial charge on any atom is 0.134 e. The molecular weight excluding hydrogens is 186 g/mol. The predicted molar refractivity (Wildman–Crippen MR) is 62.2 cm³/mol. The van der Waals surface area contributed by atoms with Gasteiger partial charge in [-0.15, -0.1) is 0 Å². The molecule has 15 heavy (non-hydrogen) atoms. The summed E-state index contributed by atoms with van der Waals surface area (Å²) >= 11 is 0. The molecule has 2 rings (SSSR count). The van der Waals surface area contributed by atoms with Gasteiger partial charge in [-0.3, -0.25) is 4.98 Å². The summed E-state index contributed by atoms with van der Waals surface area (Å²) in [7, 11) is 0. The number of rotatable bonds is 2. The lowest BCUT2D eigenvalue weighted by molar-refractivity contribution is 0.474. The van der Waals surface area contributed by atoms with Crippen molar-refractivity contribution in [3.63, 3.8) is 0 Å². The third-order valence-corrected chi connectivity index (χ3v) is 2.77. The Bertz CT molecular complexity index is 491. The van der Waals surface area contributed by atoms with Gasteiger partial charge in [-0.1, -0.05) is 26.0 Å². The minimum Gasteiger partial charge on any atom is -0.506 e. The minimum absolute atomic E-state index is 0.241. The Morgan fingerprint density at radius 3 is 2.47 bits per heavy atom. The lowest BCUT2D eigenvalue weighted by atomic mass is 10.0. The zero-order valence-corrected chi connectivity index (χ0v) is 9.12. The summed E-state index contributed by atoms with van der Waals surface area (Å²) in [6.45, 7) is 4.24. The van der Waals surface area contributed by atoms with Gasteiger partial charge in [0.1, 0.15) is 5.75 Å². The summed E-state index contributed by atoms with van der Waals surface area (Å²) in [5.41, 5.74) is 3.50. The average molecular weight is 201 g/mol. The first-order chi connectivity index (χ1) is 7.26. The molecule has 78 valence electrons. The summed E-state index contributed by atoms with van der Waals surface area (Å²) < 4.78 is 0. The van der Waals surface area contributed by atoms with Gasteiger partial charge in [-0.25, -0.2) is 0 Å². The van der Waals surface area contributed by atoms with Crippen LogP contribution in [-0.4, -0.2) is 10.1 Å². The Kier molecular flexibility index (Phi) is 2.58. The SMILES string of the molecule is CCc1ccc(CC)c2ncc(O)cc12. The van der Waals surface area contributed by atoms with Gasteiger partial charge in [0.15, 0.2) is 0 Å². The van der Waals surface area contributed by atoms with E-state index in [0.29, 0.717) is 0 Å². The highest BCUT2D eigenvalue weighted by Gasteiger charge is 2.05. The smallest absolute Gasteiger partial charge is 0.134 e. The maximum absolute atomic E-state index is 9.45. The Hall–Kier alpha value is -1.57. The standard InChI is InChI=1S/C13H15NO/c1-3-9-5-6-10(4-2)13-12(9)7-11(15)8-14-13/h5-8,15H,3-4H2,1-2H3. The molecule has 0 aliphatic heterocycles. The third-order valence-electron chi connectivity index (χ3n) is 2.77. The van der Waals surface area contributed by atoms with Crippen LogP contribution >= 0.6 is 0 Å².